The summed E-state index contributed by atoms with van der Waals surface area (Å²) in [6.45, 7) is 0.795. The highest BCUT2D eigenvalue weighted by molar-refractivity contribution is 5.84. The lowest BCUT2D eigenvalue weighted by Crippen LogP contribution is -2.53. The molecular formula is C15H23N3O2. The highest BCUT2D eigenvalue weighted by Crippen LogP contribution is 2.26. The van der Waals surface area contributed by atoms with Gasteiger partial charge in [-0.2, -0.15) is 0 Å². The van der Waals surface area contributed by atoms with Crippen molar-refractivity contribution in [3.05, 3.63) is 12.2 Å². The van der Waals surface area contributed by atoms with E-state index in [-0.39, 0.29) is 24.1 Å². The van der Waals surface area contributed by atoms with Gasteiger partial charge in [-0.1, -0.05) is 12.2 Å². The molecule has 3 rings (SSSR count). The van der Waals surface area contributed by atoms with Crippen LogP contribution in [-0.2, 0) is 9.53 Å². The fraction of sp³-hybridized carbons (Fsp3) is 0.733. The summed E-state index contributed by atoms with van der Waals surface area (Å²) in [5.74, 6) is 0.178. The Kier molecular flexibility index (Phi) is 4.05. The Morgan fingerprint density at radius 3 is 2.75 bits per heavy atom. The number of aliphatic imine (C=N–C) groups is 1. The summed E-state index contributed by atoms with van der Waals surface area (Å²) in [6, 6.07) is 0.197. The standard InChI is InChI=1S/C15H23N3O2/c1-16-13-14-12(17-10-20-14)8-9-18(15(13)19)11-6-4-2-3-5-7-11/h2-3,10-14,16H,4-9H2,1H3. The molecule has 0 aromatic carbocycles. The van der Waals surface area contributed by atoms with Crippen molar-refractivity contribution in [2.45, 2.75) is 56.3 Å². The summed E-state index contributed by atoms with van der Waals surface area (Å²) in [6.07, 6.45) is 11.0. The molecule has 5 nitrogen and oxygen atoms in total. The second-order valence-corrected chi connectivity index (χ2v) is 5.79. The average Bonchev–Trinajstić information content (AvgIpc) is 2.69. The van der Waals surface area contributed by atoms with Crippen LogP contribution >= 0.6 is 0 Å². The molecule has 110 valence electrons. The Balaban J connectivity index is 1.77. The SMILES string of the molecule is CNC1C(=O)N(C2CCC=CCC2)CCC2N=COC21. The summed E-state index contributed by atoms with van der Waals surface area (Å²) in [4.78, 5) is 19.3. The number of hydrogen-bond acceptors (Lipinski definition) is 4. The summed E-state index contributed by atoms with van der Waals surface area (Å²) in [7, 11) is 1.83. The number of likely N-dealkylation sites (tertiary alicyclic amines) is 1. The van der Waals surface area contributed by atoms with Crippen molar-refractivity contribution >= 4 is 12.3 Å². The normalized spacial score (nSPS) is 34.5. The van der Waals surface area contributed by atoms with Gasteiger partial charge in [-0.15, -0.1) is 0 Å². The fourth-order valence-electron chi connectivity index (χ4n) is 3.52. The molecule has 2 heterocycles. The molecule has 1 amide bonds. The van der Waals surface area contributed by atoms with Crippen LogP contribution in [-0.4, -0.2) is 55.0 Å². The van der Waals surface area contributed by atoms with Gasteiger partial charge in [-0.05, 0) is 39.2 Å². The van der Waals surface area contributed by atoms with Crippen LogP contribution in [0.25, 0.3) is 0 Å². The van der Waals surface area contributed by atoms with Crippen LogP contribution in [0, 0.1) is 0 Å². The third-order valence-electron chi connectivity index (χ3n) is 4.64. The molecular weight excluding hydrogens is 254 g/mol. The molecule has 3 atom stereocenters. The Labute approximate surface area is 120 Å². The van der Waals surface area contributed by atoms with E-state index < -0.39 is 0 Å². The molecule has 0 aromatic heterocycles. The van der Waals surface area contributed by atoms with Crippen molar-refractivity contribution in [1.29, 1.82) is 0 Å². The molecule has 2 aliphatic heterocycles. The fourth-order valence-corrected chi connectivity index (χ4v) is 3.52. The van der Waals surface area contributed by atoms with Gasteiger partial charge in [0.15, 0.2) is 6.40 Å². The minimum Gasteiger partial charge on any atom is -0.476 e. The zero-order valence-electron chi connectivity index (χ0n) is 12.0. The van der Waals surface area contributed by atoms with Gasteiger partial charge >= 0.3 is 0 Å². The predicted octanol–water partition coefficient (Wildman–Crippen LogP) is 1.10. The lowest BCUT2D eigenvalue weighted by Gasteiger charge is -2.32. The van der Waals surface area contributed by atoms with Crippen LogP contribution in [0.5, 0.6) is 0 Å². The van der Waals surface area contributed by atoms with E-state index in [9.17, 15) is 4.79 Å². The monoisotopic (exact) mass is 277 g/mol. The van der Waals surface area contributed by atoms with Crippen LogP contribution in [0.1, 0.15) is 32.1 Å². The van der Waals surface area contributed by atoms with Gasteiger partial charge in [0, 0.05) is 12.6 Å². The summed E-state index contributed by atoms with van der Waals surface area (Å²) >= 11 is 0. The Hall–Kier alpha value is -1.36. The molecule has 5 heteroatoms. The molecule has 0 radical (unpaired) electrons. The summed E-state index contributed by atoms with van der Waals surface area (Å²) in [5.41, 5.74) is 0. The quantitative estimate of drug-likeness (QED) is 0.769. The van der Waals surface area contributed by atoms with E-state index in [1.54, 1.807) is 0 Å². The number of hydrogen-bond donors (Lipinski definition) is 1. The topological polar surface area (TPSA) is 53.9 Å². The molecule has 20 heavy (non-hydrogen) atoms. The molecule has 1 saturated heterocycles. The second-order valence-electron chi connectivity index (χ2n) is 5.79. The number of carbonyl (C=O) groups excluding carboxylic acids is 1. The van der Waals surface area contributed by atoms with Crippen LogP contribution in [0.2, 0.25) is 0 Å². The highest BCUT2D eigenvalue weighted by atomic mass is 16.5. The zero-order valence-corrected chi connectivity index (χ0v) is 12.0. The van der Waals surface area contributed by atoms with Crippen molar-refractivity contribution in [1.82, 2.24) is 10.2 Å². The number of nitrogens with one attached hydrogen (secondary N) is 1. The maximum Gasteiger partial charge on any atom is 0.243 e. The lowest BCUT2D eigenvalue weighted by molar-refractivity contribution is -0.137. The largest absolute Gasteiger partial charge is 0.476 e. The van der Waals surface area contributed by atoms with Gasteiger partial charge in [-0.3, -0.25) is 9.79 Å². The number of allylic oxidation sites excluding steroid dienone is 2. The number of carbonyl (C=O) groups is 1. The first-order valence-corrected chi connectivity index (χ1v) is 7.61. The molecule has 0 aromatic rings. The maximum atomic E-state index is 12.8. The lowest BCUT2D eigenvalue weighted by atomic mass is 10.0. The van der Waals surface area contributed by atoms with Crippen LogP contribution in [0.3, 0.4) is 0 Å². The molecule has 0 bridgehead atoms. The molecule has 1 N–H and O–H groups in total. The van der Waals surface area contributed by atoms with Crippen LogP contribution < -0.4 is 5.32 Å². The Morgan fingerprint density at radius 2 is 2.05 bits per heavy atom. The first-order valence-electron chi connectivity index (χ1n) is 7.61. The Morgan fingerprint density at radius 1 is 1.30 bits per heavy atom. The number of fused-ring (bicyclic) bond motifs is 1. The number of rotatable bonds is 2. The molecule has 0 spiro atoms. The summed E-state index contributed by atoms with van der Waals surface area (Å²) in [5, 5.41) is 3.14. The molecule has 1 fully saturated rings. The van der Waals surface area contributed by atoms with E-state index in [1.807, 2.05) is 7.05 Å². The average molecular weight is 277 g/mol. The van der Waals surface area contributed by atoms with Crippen molar-refractivity contribution in [2.24, 2.45) is 4.99 Å². The van der Waals surface area contributed by atoms with E-state index in [2.05, 4.69) is 27.4 Å². The van der Waals surface area contributed by atoms with Gasteiger partial charge in [0.2, 0.25) is 5.91 Å². The number of nitrogens with zero attached hydrogens (tertiary/aromatic N) is 2. The first kappa shape index (κ1) is 13.6. The Bertz CT molecular complexity index is 411. The third-order valence-corrected chi connectivity index (χ3v) is 4.64. The van der Waals surface area contributed by atoms with E-state index in [1.165, 1.54) is 6.40 Å². The summed E-state index contributed by atoms with van der Waals surface area (Å²) < 4.78 is 5.56. The number of ether oxygens (including phenoxy) is 1. The van der Waals surface area contributed by atoms with Crippen LogP contribution in [0.15, 0.2) is 17.1 Å². The maximum absolute atomic E-state index is 12.8. The van der Waals surface area contributed by atoms with Crippen molar-refractivity contribution < 1.29 is 9.53 Å². The van der Waals surface area contributed by atoms with Gasteiger partial charge in [0.25, 0.3) is 0 Å². The van der Waals surface area contributed by atoms with Crippen molar-refractivity contribution in [2.75, 3.05) is 13.6 Å². The smallest absolute Gasteiger partial charge is 0.243 e. The van der Waals surface area contributed by atoms with Gasteiger partial charge in [-0.25, -0.2) is 0 Å². The zero-order chi connectivity index (χ0) is 13.9. The third kappa shape index (κ3) is 2.46. The van der Waals surface area contributed by atoms with Crippen molar-refractivity contribution in [3.63, 3.8) is 0 Å². The van der Waals surface area contributed by atoms with Crippen molar-refractivity contribution in [3.8, 4) is 0 Å². The molecule has 3 aliphatic rings. The minimum absolute atomic E-state index is 0.116. The van der Waals surface area contributed by atoms with Crippen LogP contribution in [0.4, 0.5) is 0 Å². The van der Waals surface area contributed by atoms with E-state index in [0.29, 0.717) is 6.04 Å². The number of amides is 1. The van der Waals surface area contributed by atoms with E-state index in [4.69, 9.17) is 4.74 Å². The molecule has 1 aliphatic carbocycles. The number of likely N-dealkylation sites (N-methyl/N-ethyl adjacent to an activating group) is 1. The predicted molar refractivity (Wildman–Crippen MR) is 77.7 cm³/mol. The highest BCUT2D eigenvalue weighted by Gasteiger charge is 2.43. The van der Waals surface area contributed by atoms with E-state index >= 15 is 0 Å². The minimum atomic E-state index is -0.277. The molecule has 3 unspecified atom stereocenters. The first-order chi connectivity index (χ1) is 9.81. The van der Waals surface area contributed by atoms with Gasteiger partial charge in [0.1, 0.15) is 12.1 Å². The van der Waals surface area contributed by atoms with E-state index in [0.717, 1.165) is 38.6 Å². The van der Waals surface area contributed by atoms with Gasteiger partial charge < -0.3 is 15.0 Å². The molecule has 0 saturated carbocycles. The van der Waals surface area contributed by atoms with Gasteiger partial charge in [0.05, 0.1) is 6.04 Å². The second kappa shape index (κ2) is 5.95.